The lowest BCUT2D eigenvalue weighted by Crippen LogP contribution is -2.50. The highest BCUT2D eigenvalue weighted by atomic mass is 32.2. The number of likely N-dealkylation sites (N-methyl/N-ethyl adjacent to an activating group) is 1. The highest BCUT2D eigenvalue weighted by Gasteiger charge is 2.34. The number of sulfonamides is 1. The Morgan fingerprint density at radius 3 is 2.48 bits per heavy atom. The number of amides is 1. The number of carbonyl (C=O) groups is 1. The zero-order chi connectivity index (χ0) is 16.9. The molecule has 0 radical (unpaired) electrons. The van der Waals surface area contributed by atoms with Gasteiger partial charge in [-0.1, -0.05) is 13.3 Å². The fourth-order valence-corrected chi connectivity index (χ4v) is 5.19. The number of piperidine rings is 2. The normalized spacial score (nSPS) is 24.8. The van der Waals surface area contributed by atoms with E-state index in [4.69, 9.17) is 0 Å². The van der Waals surface area contributed by atoms with E-state index in [2.05, 4.69) is 5.32 Å². The summed E-state index contributed by atoms with van der Waals surface area (Å²) in [7, 11) is -1.19. The molecule has 0 aromatic carbocycles. The van der Waals surface area contributed by atoms with E-state index in [1.54, 1.807) is 4.31 Å². The Morgan fingerprint density at radius 1 is 1.17 bits per heavy atom. The van der Waals surface area contributed by atoms with Gasteiger partial charge in [0.05, 0.1) is 5.75 Å². The summed E-state index contributed by atoms with van der Waals surface area (Å²) < 4.78 is 26.0. The summed E-state index contributed by atoms with van der Waals surface area (Å²) in [5.41, 5.74) is 0. The number of nitrogens with one attached hydrogen (secondary N) is 1. The average molecular weight is 346 g/mol. The Bertz CT molecular complexity index is 487. The maximum atomic E-state index is 12.7. The summed E-state index contributed by atoms with van der Waals surface area (Å²) in [5, 5.41) is 3.26. The van der Waals surface area contributed by atoms with Crippen molar-refractivity contribution in [3.8, 4) is 0 Å². The van der Waals surface area contributed by atoms with Crippen molar-refractivity contribution in [2.24, 2.45) is 5.92 Å². The van der Waals surface area contributed by atoms with E-state index in [0.717, 1.165) is 32.4 Å². The Balaban J connectivity index is 1.85. The molecule has 2 fully saturated rings. The fraction of sp³-hybridized carbons (Fsp3) is 0.938. The van der Waals surface area contributed by atoms with Crippen LogP contribution in [0.2, 0.25) is 0 Å². The van der Waals surface area contributed by atoms with Crippen LogP contribution in [0.15, 0.2) is 0 Å². The van der Waals surface area contributed by atoms with Gasteiger partial charge in [0.2, 0.25) is 15.9 Å². The Labute approximate surface area is 140 Å². The largest absolute Gasteiger partial charge is 0.341 e. The molecule has 7 heteroatoms. The van der Waals surface area contributed by atoms with Crippen LogP contribution in [0.5, 0.6) is 0 Å². The fourth-order valence-electron chi connectivity index (χ4n) is 3.51. The molecule has 2 rings (SSSR count). The maximum Gasteiger partial charge on any atom is 0.225 e. The number of nitrogens with zero attached hydrogens (tertiary/aromatic N) is 2. The number of likely N-dealkylation sites (tertiary alicyclic amines) is 1. The molecule has 0 bridgehead atoms. The van der Waals surface area contributed by atoms with E-state index in [-0.39, 0.29) is 17.6 Å². The molecule has 0 aliphatic carbocycles. The molecule has 2 heterocycles. The van der Waals surface area contributed by atoms with Gasteiger partial charge in [-0.2, -0.15) is 0 Å². The van der Waals surface area contributed by atoms with Crippen LogP contribution in [-0.4, -0.2) is 68.6 Å². The summed E-state index contributed by atoms with van der Waals surface area (Å²) >= 11 is 0. The average Bonchev–Trinajstić information content (AvgIpc) is 2.59. The second-order valence-electron chi connectivity index (χ2n) is 6.75. The second-order valence-corrected chi connectivity index (χ2v) is 8.84. The summed E-state index contributed by atoms with van der Waals surface area (Å²) in [4.78, 5) is 14.6. The van der Waals surface area contributed by atoms with Crippen LogP contribution in [0.4, 0.5) is 0 Å². The molecule has 0 spiro atoms. The van der Waals surface area contributed by atoms with Crippen molar-refractivity contribution >= 4 is 15.9 Å². The minimum absolute atomic E-state index is 0.0109. The van der Waals surface area contributed by atoms with Crippen molar-refractivity contribution in [2.75, 3.05) is 39.0 Å². The van der Waals surface area contributed by atoms with Gasteiger partial charge < -0.3 is 10.2 Å². The van der Waals surface area contributed by atoms with Gasteiger partial charge in [0.1, 0.15) is 0 Å². The van der Waals surface area contributed by atoms with Gasteiger partial charge in [-0.25, -0.2) is 12.7 Å². The molecule has 2 aliphatic heterocycles. The van der Waals surface area contributed by atoms with E-state index < -0.39 is 10.0 Å². The molecular formula is C16H31N3O3S. The van der Waals surface area contributed by atoms with Crippen molar-refractivity contribution in [3.05, 3.63) is 0 Å². The number of rotatable bonds is 6. The molecule has 1 N–H and O–H groups in total. The highest BCUT2D eigenvalue weighted by Crippen LogP contribution is 2.24. The van der Waals surface area contributed by atoms with Crippen LogP contribution < -0.4 is 5.32 Å². The first-order chi connectivity index (χ1) is 11.0. The van der Waals surface area contributed by atoms with Gasteiger partial charge in [-0.05, 0) is 39.2 Å². The van der Waals surface area contributed by atoms with Gasteiger partial charge in [0, 0.05) is 38.1 Å². The third-order valence-electron chi connectivity index (χ3n) is 5.09. The van der Waals surface area contributed by atoms with Crippen molar-refractivity contribution in [2.45, 2.75) is 51.5 Å². The van der Waals surface area contributed by atoms with Crippen LogP contribution >= 0.6 is 0 Å². The lowest BCUT2D eigenvalue weighted by Gasteiger charge is -2.37. The summed E-state index contributed by atoms with van der Waals surface area (Å²) in [6, 6.07) is 0.391. The van der Waals surface area contributed by atoms with E-state index in [1.807, 2.05) is 18.9 Å². The topological polar surface area (TPSA) is 69.7 Å². The predicted octanol–water partition coefficient (Wildman–Crippen LogP) is 1.04. The molecule has 1 unspecified atom stereocenters. The Morgan fingerprint density at radius 2 is 1.87 bits per heavy atom. The lowest BCUT2D eigenvalue weighted by atomic mass is 9.95. The number of unbranched alkanes of at least 4 members (excludes halogenated alkanes) is 1. The molecule has 2 aliphatic rings. The summed E-state index contributed by atoms with van der Waals surface area (Å²) in [6.07, 6.45) is 5.07. The number of hydrogen-bond donors (Lipinski definition) is 1. The van der Waals surface area contributed by atoms with Crippen molar-refractivity contribution in [1.82, 2.24) is 14.5 Å². The minimum atomic E-state index is -3.13. The van der Waals surface area contributed by atoms with Crippen LogP contribution in [-0.2, 0) is 14.8 Å². The zero-order valence-corrected chi connectivity index (χ0v) is 15.3. The van der Waals surface area contributed by atoms with E-state index in [1.165, 1.54) is 0 Å². The van der Waals surface area contributed by atoms with Crippen LogP contribution in [0.1, 0.15) is 45.4 Å². The SMILES string of the molecule is CCCCS(=O)(=O)N1CCC(C(=O)N2CCCC(NC)C2)CC1. The van der Waals surface area contributed by atoms with Crippen LogP contribution in [0.3, 0.4) is 0 Å². The zero-order valence-electron chi connectivity index (χ0n) is 14.5. The lowest BCUT2D eigenvalue weighted by molar-refractivity contribution is -0.138. The number of carbonyl (C=O) groups excluding carboxylic acids is 1. The molecule has 6 nitrogen and oxygen atoms in total. The maximum absolute atomic E-state index is 12.7. The van der Waals surface area contributed by atoms with Gasteiger partial charge in [0.25, 0.3) is 0 Å². The van der Waals surface area contributed by atoms with Gasteiger partial charge in [-0.3, -0.25) is 4.79 Å². The smallest absolute Gasteiger partial charge is 0.225 e. The molecule has 0 aromatic rings. The molecule has 1 atom stereocenters. The van der Waals surface area contributed by atoms with Gasteiger partial charge in [0.15, 0.2) is 0 Å². The Hall–Kier alpha value is -0.660. The Kier molecular flexibility index (Phi) is 6.85. The van der Waals surface area contributed by atoms with Gasteiger partial charge >= 0.3 is 0 Å². The molecule has 0 saturated carbocycles. The quantitative estimate of drug-likeness (QED) is 0.781. The molecule has 23 heavy (non-hydrogen) atoms. The van der Waals surface area contributed by atoms with Crippen LogP contribution in [0.25, 0.3) is 0 Å². The monoisotopic (exact) mass is 345 g/mol. The number of hydrogen-bond acceptors (Lipinski definition) is 4. The first-order valence-electron chi connectivity index (χ1n) is 8.91. The third-order valence-corrected chi connectivity index (χ3v) is 7.05. The molecular weight excluding hydrogens is 314 g/mol. The molecule has 2 saturated heterocycles. The minimum Gasteiger partial charge on any atom is -0.341 e. The first-order valence-corrected chi connectivity index (χ1v) is 10.5. The molecule has 1 amide bonds. The van der Waals surface area contributed by atoms with E-state index >= 15 is 0 Å². The summed E-state index contributed by atoms with van der Waals surface area (Å²) in [6.45, 7) is 4.60. The highest BCUT2D eigenvalue weighted by molar-refractivity contribution is 7.89. The predicted molar refractivity (Wildman–Crippen MR) is 91.7 cm³/mol. The first kappa shape index (κ1) is 18.7. The van der Waals surface area contributed by atoms with Crippen molar-refractivity contribution in [1.29, 1.82) is 0 Å². The van der Waals surface area contributed by atoms with Crippen molar-refractivity contribution < 1.29 is 13.2 Å². The summed E-state index contributed by atoms with van der Waals surface area (Å²) in [5.74, 6) is 0.441. The van der Waals surface area contributed by atoms with E-state index in [9.17, 15) is 13.2 Å². The van der Waals surface area contributed by atoms with Gasteiger partial charge in [-0.15, -0.1) is 0 Å². The molecule has 134 valence electrons. The van der Waals surface area contributed by atoms with E-state index in [0.29, 0.717) is 38.4 Å². The van der Waals surface area contributed by atoms with Crippen LogP contribution in [0, 0.1) is 5.92 Å². The molecule has 0 aromatic heterocycles. The second kappa shape index (κ2) is 8.44. The van der Waals surface area contributed by atoms with Crippen molar-refractivity contribution in [3.63, 3.8) is 0 Å². The third kappa shape index (κ3) is 4.90. The standard InChI is InChI=1S/C16H31N3O3S/c1-3-4-12-23(21,22)19-10-7-14(8-11-19)16(20)18-9-5-6-15(13-18)17-2/h14-15,17H,3-13H2,1-2H3.